The van der Waals surface area contributed by atoms with Gasteiger partial charge < -0.3 is 5.32 Å². The van der Waals surface area contributed by atoms with Crippen molar-refractivity contribution in [2.24, 2.45) is 5.92 Å². The van der Waals surface area contributed by atoms with Gasteiger partial charge in [0.15, 0.2) is 11.6 Å². The Morgan fingerprint density at radius 1 is 1.00 bits per heavy atom. The Morgan fingerprint density at radius 3 is 2.32 bits per heavy atom. The van der Waals surface area contributed by atoms with Gasteiger partial charge in [-0.1, -0.05) is 69.0 Å². The van der Waals surface area contributed by atoms with Crippen LogP contribution < -0.4 is 5.32 Å². The highest BCUT2D eigenvalue weighted by atomic mass is 35.5. The van der Waals surface area contributed by atoms with E-state index in [1.807, 2.05) is 0 Å². The Hall–Kier alpha value is -2.46. The molecule has 0 heterocycles. The molecule has 4 nitrogen and oxygen atoms in total. The minimum Gasteiger partial charge on any atom is -0.352 e. The second-order valence-electron chi connectivity index (χ2n) is 7.18. The molecule has 146 valence electrons. The maximum absolute atomic E-state index is 12.9. The summed E-state index contributed by atoms with van der Waals surface area (Å²) in [6.07, 6.45) is 4.31. The highest BCUT2D eigenvalue weighted by molar-refractivity contribution is 6.41. The van der Waals surface area contributed by atoms with Crippen molar-refractivity contribution in [1.29, 1.82) is 0 Å². The average molecular weight is 398 g/mol. The zero-order valence-electron chi connectivity index (χ0n) is 16.2. The lowest BCUT2D eigenvalue weighted by Crippen LogP contribution is -2.30. The molecule has 0 fully saturated rings. The van der Waals surface area contributed by atoms with Gasteiger partial charge in [-0.2, -0.15) is 0 Å². The first-order valence-corrected chi connectivity index (χ1v) is 10.2. The number of amides is 1. The molecule has 1 aliphatic carbocycles. The molecule has 1 atom stereocenters. The van der Waals surface area contributed by atoms with Crippen LogP contribution in [0, 0.1) is 5.92 Å². The molecular weight excluding hydrogens is 374 g/mol. The number of carbonyl (C=O) groups excluding carboxylic acids is 3. The van der Waals surface area contributed by atoms with Crippen LogP contribution in [0.1, 0.15) is 81.7 Å². The lowest BCUT2D eigenvalue weighted by molar-refractivity contribution is 0.0944. The van der Waals surface area contributed by atoms with Crippen molar-refractivity contribution in [2.75, 3.05) is 6.54 Å². The van der Waals surface area contributed by atoms with Crippen molar-refractivity contribution >= 4 is 29.1 Å². The molecule has 0 saturated heterocycles. The number of hydrogen-bond donors (Lipinski definition) is 1. The van der Waals surface area contributed by atoms with E-state index in [0.717, 1.165) is 25.7 Å². The van der Waals surface area contributed by atoms with Crippen LogP contribution in [-0.2, 0) is 0 Å². The van der Waals surface area contributed by atoms with E-state index in [-0.39, 0.29) is 39.2 Å². The highest BCUT2D eigenvalue weighted by Gasteiger charge is 2.33. The van der Waals surface area contributed by atoms with Crippen LogP contribution in [0.25, 0.3) is 0 Å². The fourth-order valence-electron chi connectivity index (χ4n) is 3.60. The monoisotopic (exact) mass is 397 g/mol. The number of benzene rings is 2. The Balaban J connectivity index is 1.86. The van der Waals surface area contributed by atoms with Crippen molar-refractivity contribution in [3.05, 3.63) is 69.2 Å². The van der Waals surface area contributed by atoms with Crippen LogP contribution >= 0.6 is 11.6 Å². The van der Waals surface area contributed by atoms with Crippen LogP contribution in [0.2, 0.25) is 5.02 Å². The van der Waals surface area contributed by atoms with E-state index in [9.17, 15) is 14.4 Å². The van der Waals surface area contributed by atoms with Crippen LogP contribution in [-0.4, -0.2) is 24.0 Å². The van der Waals surface area contributed by atoms with E-state index in [1.165, 1.54) is 12.1 Å². The van der Waals surface area contributed by atoms with E-state index >= 15 is 0 Å². The van der Waals surface area contributed by atoms with Crippen LogP contribution in [0.5, 0.6) is 0 Å². The first-order chi connectivity index (χ1) is 13.5. The SMILES string of the molecule is CCCC[C@@H](CC)CNC(=O)c1ccc2c(c1Cl)C(=O)c1ccccc1C2=O. The molecular formula is C23H24ClNO3. The van der Waals surface area contributed by atoms with Crippen molar-refractivity contribution < 1.29 is 14.4 Å². The third-order valence-corrected chi connectivity index (χ3v) is 5.76. The van der Waals surface area contributed by atoms with Crippen molar-refractivity contribution in [3.63, 3.8) is 0 Å². The minimum absolute atomic E-state index is 0.0458. The first-order valence-electron chi connectivity index (χ1n) is 9.78. The lowest BCUT2D eigenvalue weighted by atomic mass is 9.83. The standard InChI is InChI=1S/C23H24ClNO3/c1-3-5-8-14(4-2)13-25-23(28)18-12-11-17-19(20(18)24)22(27)16-10-7-6-9-15(16)21(17)26/h6-7,9-12,14H,3-5,8,13H2,1-2H3,(H,25,28)/t14-/m1/s1. The number of rotatable bonds is 7. The molecule has 0 radical (unpaired) electrons. The third-order valence-electron chi connectivity index (χ3n) is 5.37. The smallest absolute Gasteiger partial charge is 0.252 e. The minimum atomic E-state index is -0.320. The first kappa shape index (κ1) is 20.3. The summed E-state index contributed by atoms with van der Waals surface area (Å²) in [5, 5.41) is 2.98. The number of nitrogens with one attached hydrogen (secondary N) is 1. The third kappa shape index (κ3) is 3.74. The molecule has 2 aromatic carbocycles. The quantitative estimate of drug-likeness (QED) is 0.605. The van der Waals surface area contributed by atoms with Gasteiger partial charge in [-0.05, 0) is 24.5 Å². The average Bonchev–Trinajstić information content (AvgIpc) is 2.71. The maximum Gasteiger partial charge on any atom is 0.252 e. The van der Waals surface area contributed by atoms with E-state index in [1.54, 1.807) is 24.3 Å². The summed E-state index contributed by atoms with van der Waals surface area (Å²) in [6.45, 7) is 4.83. The summed E-state index contributed by atoms with van der Waals surface area (Å²) >= 11 is 6.45. The Morgan fingerprint density at radius 2 is 1.68 bits per heavy atom. The zero-order chi connectivity index (χ0) is 20.3. The molecule has 0 aromatic heterocycles. The van der Waals surface area contributed by atoms with Gasteiger partial charge in [0.05, 0.1) is 16.1 Å². The predicted octanol–water partition coefficient (Wildman–Crippen LogP) is 5.06. The van der Waals surface area contributed by atoms with Crippen LogP contribution in [0.4, 0.5) is 0 Å². The molecule has 0 aliphatic heterocycles. The fraction of sp³-hybridized carbons (Fsp3) is 0.348. The van der Waals surface area contributed by atoms with Gasteiger partial charge >= 0.3 is 0 Å². The summed E-state index contributed by atoms with van der Waals surface area (Å²) in [6, 6.07) is 9.74. The summed E-state index contributed by atoms with van der Waals surface area (Å²) < 4.78 is 0. The van der Waals surface area contributed by atoms with Crippen molar-refractivity contribution in [2.45, 2.75) is 39.5 Å². The largest absolute Gasteiger partial charge is 0.352 e. The van der Waals surface area contributed by atoms with E-state index in [2.05, 4.69) is 19.2 Å². The summed E-state index contributed by atoms with van der Waals surface area (Å²) in [5.74, 6) is -0.471. The molecule has 2 aromatic rings. The molecule has 1 aliphatic rings. The molecule has 0 unspecified atom stereocenters. The summed E-state index contributed by atoms with van der Waals surface area (Å²) in [7, 11) is 0. The molecule has 1 amide bonds. The summed E-state index contributed by atoms with van der Waals surface area (Å²) in [4.78, 5) is 38.3. The van der Waals surface area contributed by atoms with E-state index in [4.69, 9.17) is 11.6 Å². The lowest BCUT2D eigenvalue weighted by Gasteiger charge is -2.20. The number of unbranched alkanes of at least 4 members (excludes halogenated alkanes) is 1. The topological polar surface area (TPSA) is 63.2 Å². The van der Waals surface area contributed by atoms with Crippen molar-refractivity contribution in [1.82, 2.24) is 5.32 Å². The van der Waals surface area contributed by atoms with E-state index < -0.39 is 0 Å². The molecule has 5 heteroatoms. The fourth-order valence-corrected chi connectivity index (χ4v) is 3.93. The number of halogens is 1. The van der Waals surface area contributed by atoms with Gasteiger partial charge in [0.25, 0.3) is 5.91 Å². The van der Waals surface area contributed by atoms with Gasteiger partial charge in [0, 0.05) is 23.2 Å². The number of hydrogen-bond acceptors (Lipinski definition) is 3. The Labute approximate surface area is 170 Å². The number of carbonyl (C=O) groups is 3. The number of fused-ring (bicyclic) bond motifs is 2. The molecule has 28 heavy (non-hydrogen) atoms. The van der Waals surface area contributed by atoms with Crippen LogP contribution in [0.3, 0.4) is 0 Å². The molecule has 3 rings (SSSR count). The van der Waals surface area contributed by atoms with Gasteiger partial charge in [-0.3, -0.25) is 14.4 Å². The second-order valence-corrected chi connectivity index (χ2v) is 7.56. The predicted molar refractivity (Wildman–Crippen MR) is 110 cm³/mol. The normalized spacial score (nSPS) is 13.7. The Bertz CT molecular complexity index is 935. The molecule has 0 saturated carbocycles. The second kappa shape index (κ2) is 8.70. The highest BCUT2D eigenvalue weighted by Crippen LogP contribution is 2.33. The van der Waals surface area contributed by atoms with Gasteiger partial charge in [-0.15, -0.1) is 0 Å². The van der Waals surface area contributed by atoms with Gasteiger partial charge in [0.2, 0.25) is 0 Å². The summed E-state index contributed by atoms with van der Waals surface area (Å²) in [5.41, 5.74) is 1.29. The van der Waals surface area contributed by atoms with Crippen LogP contribution in [0.15, 0.2) is 36.4 Å². The molecule has 1 N–H and O–H groups in total. The van der Waals surface area contributed by atoms with E-state index in [0.29, 0.717) is 23.6 Å². The van der Waals surface area contributed by atoms with Gasteiger partial charge in [0.1, 0.15) is 0 Å². The van der Waals surface area contributed by atoms with Crippen molar-refractivity contribution in [3.8, 4) is 0 Å². The molecule has 0 spiro atoms. The maximum atomic E-state index is 12.9. The zero-order valence-corrected chi connectivity index (χ0v) is 16.9. The number of ketones is 2. The van der Waals surface area contributed by atoms with Gasteiger partial charge in [-0.25, -0.2) is 0 Å². The molecule has 0 bridgehead atoms. The Kier molecular flexibility index (Phi) is 6.30.